The van der Waals surface area contributed by atoms with Crippen molar-refractivity contribution in [1.82, 2.24) is 10.6 Å². The van der Waals surface area contributed by atoms with Crippen molar-refractivity contribution in [3.63, 3.8) is 0 Å². The van der Waals surface area contributed by atoms with Gasteiger partial charge in [-0.1, -0.05) is 34.8 Å². The zero-order valence-corrected chi connectivity index (χ0v) is 16.1. The first-order chi connectivity index (χ1) is 11.2. The second-order valence-corrected chi connectivity index (χ2v) is 7.39. The molecule has 0 saturated carbocycles. The first-order valence-corrected chi connectivity index (χ1v) is 8.43. The molecule has 132 valence electrons. The molecule has 24 heavy (non-hydrogen) atoms. The van der Waals surface area contributed by atoms with Gasteiger partial charge in [-0.15, -0.1) is 11.6 Å². The van der Waals surface area contributed by atoms with Crippen LogP contribution in [0, 0.1) is 0 Å². The van der Waals surface area contributed by atoms with Crippen molar-refractivity contribution >= 4 is 81.3 Å². The minimum Gasteiger partial charge on any atom is -0.465 e. The van der Waals surface area contributed by atoms with E-state index in [1.807, 2.05) is 0 Å². The number of rotatable bonds is 5. The molecule has 0 aliphatic carbocycles. The van der Waals surface area contributed by atoms with E-state index in [4.69, 9.17) is 58.6 Å². The fraction of sp³-hybridized carbons (Fsp3) is 0.308. The van der Waals surface area contributed by atoms with Crippen molar-refractivity contribution in [2.45, 2.75) is 9.96 Å². The highest BCUT2D eigenvalue weighted by atomic mass is 35.6. The summed E-state index contributed by atoms with van der Waals surface area (Å²) in [6.07, 6.45) is -1.09. The molecule has 0 bridgehead atoms. The molecular formula is C13H13Cl4N3O3S. The average Bonchev–Trinajstić information content (AvgIpc) is 2.53. The van der Waals surface area contributed by atoms with Crippen LogP contribution in [0.25, 0.3) is 0 Å². The number of carbonyl (C=O) groups is 2. The van der Waals surface area contributed by atoms with Crippen LogP contribution in [0.15, 0.2) is 24.3 Å². The van der Waals surface area contributed by atoms with Gasteiger partial charge in [0.2, 0.25) is 9.70 Å². The average molecular weight is 433 g/mol. The van der Waals surface area contributed by atoms with Crippen LogP contribution in [0.4, 0.5) is 5.69 Å². The summed E-state index contributed by atoms with van der Waals surface area (Å²) in [4.78, 5) is 22.7. The standard InChI is InChI=1S/C13H13Cl4N3O3S/c1-23-10(22)7-2-4-8(5-3-7)18-12(24)20-11(13(15,16)17)19-9(21)6-14/h2-5,11H,6H2,1H3,(H,19,21)(H2,18,20,24). The number of nitrogens with one attached hydrogen (secondary N) is 3. The van der Waals surface area contributed by atoms with Crippen molar-refractivity contribution in [2.24, 2.45) is 0 Å². The summed E-state index contributed by atoms with van der Waals surface area (Å²) in [6, 6.07) is 6.33. The van der Waals surface area contributed by atoms with Crippen molar-refractivity contribution < 1.29 is 14.3 Å². The molecule has 1 unspecified atom stereocenters. The van der Waals surface area contributed by atoms with Gasteiger partial charge in [0.15, 0.2) is 5.11 Å². The van der Waals surface area contributed by atoms with Gasteiger partial charge in [0, 0.05) is 5.69 Å². The zero-order chi connectivity index (χ0) is 18.3. The SMILES string of the molecule is COC(=O)c1ccc(NC(=S)NC(NC(=O)CCl)C(Cl)(Cl)Cl)cc1. The Morgan fingerprint density at radius 2 is 1.79 bits per heavy atom. The minimum absolute atomic E-state index is 0.0898. The molecule has 1 amide bonds. The van der Waals surface area contributed by atoms with Gasteiger partial charge in [-0.05, 0) is 36.5 Å². The summed E-state index contributed by atoms with van der Waals surface area (Å²) in [7, 11) is 1.29. The predicted octanol–water partition coefficient (Wildman–Crippen LogP) is 2.81. The molecule has 1 rings (SSSR count). The molecule has 0 aliphatic rings. The number of esters is 1. The van der Waals surface area contributed by atoms with Crippen LogP contribution < -0.4 is 16.0 Å². The van der Waals surface area contributed by atoms with E-state index in [-0.39, 0.29) is 11.0 Å². The Hall–Kier alpha value is -0.990. The largest absolute Gasteiger partial charge is 0.465 e. The third-order valence-electron chi connectivity index (χ3n) is 2.59. The Morgan fingerprint density at radius 3 is 2.25 bits per heavy atom. The van der Waals surface area contributed by atoms with E-state index in [1.165, 1.54) is 7.11 Å². The van der Waals surface area contributed by atoms with Crippen LogP contribution >= 0.6 is 58.6 Å². The lowest BCUT2D eigenvalue weighted by Gasteiger charge is -2.27. The summed E-state index contributed by atoms with van der Waals surface area (Å²) in [5.74, 6) is -1.29. The summed E-state index contributed by atoms with van der Waals surface area (Å²) in [6.45, 7) is 0. The first kappa shape index (κ1) is 21.1. The molecule has 6 nitrogen and oxygen atoms in total. The third-order valence-corrected chi connectivity index (χ3v) is 3.71. The number of hydrogen-bond acceptors (Lipinski definition) is 4. The van der Waals surface area contributed by atoms with Gasteiger partial charge in [-0.3, -0.25) is 4.79 Å². The maximum atomic E-state index is 11.4. The number of alkyl halides is 4. The second-order valence-electron chi connectivity index (χ2n) is 4.34. The van der Waals surface area contributed by atoms with E-state index in [0.717, 1.165) is 0 Å². The van der Waals surface area contributed by atoms with E-state index < -0.39 is 21.8 Å². The molecule has 0 spiro atoms. The lowest BCUT2D eigenvalue weighted by molar-refractivity contribution is -0.119. The number of halogens is 4. The molecule has 11 heteroatoms. The Bertz CT molecular complexity index is 607. The third kappa shape index (κ3) is 6.86. The quantitative estimate of drug-likeness (QED) is 0.287. The molecule has 0 aromatic heterocycles. The predicted molar refractivity (Wildman–Crippen MR) is 100 cm³/mol. The maximum absolute atomic E-state index is 11.4. The van der Waals surface area contributed by atoms with Gasteiger partial charge in [-0.2, -0.15) is 0 Å². The van der Waals surface area contributed by atoms with Crippen molar-refractivity contribution in [3.05, 3.63) is 29.8 Å². The summed E-state index contributed by atoms with van der Waals surface area (Å²) >= 11 is 27.9. The Balaban J connectivity index is 2.71. The van der Waals surface area contributed by atoms with Crippen molar-refractivity contribution in [3.8, 4) is 0 Å². The number of amides is 1. The fourth-order valence-corrected chi connectivity index (χ4v) is 2.15. The van der Waals surface area contributed by atoms with E-state index in [2.05, 4.69) is 20.7 Å². The summed E-state index contributed by atoms with van der Waals surface area (Å²) < 4.78 is 2.74. The molecule has 0 radical (unpaired) electrons. The second kappa shape index (κ2) is 9.48. The smallest absolute Gasteiger partial charge is 0.337 e. The van der Waals surface area contributed by atoms with E-state index in [1.54, 1.807) is 24.3 Å². The highest BCUT2D eigenvalue weighted by Gasteiger charge is 2.34. The van der Waals surface area contributed by atoms with Gasteiger partial charge in [0.1, 0.15) is 12.0 Å². The number of ether oxygens (including phenoxy) is 1. The summed E-state index contributed by atoms with van der Waals surface area (Å²) in [5, 5.41) is 7.97. The molecule has 0 saturated heterocycles. The number of methoxy groups -OCH3 is 1. The zero-order valence-electron chi connectivity index (χ0n) is 12.2. The van der Waals surface area contributed by atoms with Crippen LogP contribution in [-0.4, -0.2) is 39.9 Å². The van der Waals surface area contributed by atoms with Crippen LogP contribution in [0.5, 0.6) is 0 Å². The van der Waals surface area contributed by atoms with Crippen LogP contribution in [-0.2, 0) is 9.53 Å². The minimum atomic E-state index is -1.86. The Kier molecular flexibility index (Phi) is 8.32. The number of thiocarbonyl (C=S) groups is 1. The van der Waals surface area contributed by atoms with E-state index in [9.17, 15) is 9.59 Å². The monoisotopic (exact) mass is 431 g/mol. The fourth-order valence-electron chi connectivity index (χ4n) is 1.51. The molecule has 1 atom stereocenters. The Labute approximate surface area is 164 Å². The molecule has 0 heterocycles. The highest BCUT2D eigenvalue weighted by molar-refractivity contribution is 7.80. The number of benzene rings is 1. The van der Waals surface area contributed by atoms with Crippen LogP contribution in [0.3, 0.4) is 0 Å². The topological polar surface area (TPSA) is 79.5 Å². The molecule has 1 aromatic carbocycles. The van der Waals surface area contributed by atoms with Gasteiger partial charge >= 0.3 is 5.97 Å². The molecule has 1 aromatic rings. The number of carbonyl (C=O) groups excluding carboxylic acids is 2. The van der Waals surface area contributed by atoms with E-state index >= 15 is 0 Å². The van der Waals surface area contributed by atoms with Crippen molar-refractivity contribution in [2.75, 3.05) is 18.3 Å². The van der Waals surface area contributed by atoms with Crippen LogP contribution in [0.2, 0.25) is 0 Å². The lowest BCUT2D eigenvalue weighted by Crippen LogP contribution is -2.56. The lowest BCUT2D eigenvalue weighted by atomic mass is 10.2. The number of anilines is 1. The highest BCUT2D eigenvalue weighted by Crippen LogP contribution is 2.29. The van der Waals surface area contributed by atoms with E-state index in [0.29, 0.717) is 11.3 Å². The van der Waals surface area contributed by atoms with Gasteiger partial charge < -0.3 is 20.7 Å². The molecule has 0 aliphatic heterocycles. The Morgan fingerprint density at radius 1 is 1.21 bits per heavy atom. The maximum Gasteiger partial charge on any atom is 0.337 e. The number of hydrogen-bond donors (Lipinski definition) is 3. The normalized spacial score (nSPS) is 12.0. The van der Waals surface area contributed by atoms with Crippen LogP contribution in [0.1, 0.15) is 10.4 Å². The first-order valence-electron chi connectivity index (χ1n) is 6.35. The molecule has 3 N–H and O–H groups in total. The van der Waals surface area contributed by atoms with Gasteiger partial charge in [0.25, 0.3) is 0 Å². The summed E-state index contributed by atoms with van der Waals surface area (Å²) in [5.41, 5.74) is 0.961. The molecular weight excluding hydrogens is 420 g/mol. The van der Waals surface area contributed by atoms with Gasteiger partial charge in [0.05, 0.1) is 12.7 Å². The van der Waals surface area contributed by atoms with Crippen molar-refractivity contribution in [1.29, 1.82) is 0 Å². The molecule has 0 fully saturated rings. The van der Waals surface area contributed by atoms with Gasteiger partial charge in [-0.25, -0.2) is 4.79 Å².